The predicted molar refractivity (Wildman–Crippen MR) is 92.0 cm³/mol. The quantitative estimate of drug-likeness (QED) is 0.840. The minimum absolute atomic E-state index is 0.189. The number of rotatable bonds is 5. The van der Waals surface area contributed by atoms with Crippen molar-refractivity contribution in [2.24, 2.45) is 5.92 Å². The first kappa shape index (κ1) is 16.6. The maximum absolute atomic E-state index is 13.0. The van der Waals surface area contributed by atoms with Gasteiger partial charge >= 0.3 is 0 Å². The van der Waals surface area contributed by atoms with E-state index in [0.29, 0.717) is 12.3 Å². The number of amides is 1. The normalized spacial score (nSPS) is 17.7. The molecule has 3 nitrogen and oxygen atoms in total. The van der Waals surface area contributed by atoms with Crippen LogP contribution < -0.4 is 0 Å². The summed E-state index contributed by atoms with van der Waals surface area (Å²) in [4.78, 5) is 18.5. The molecule has 1 aromatic heterocycles. The fraction of sp³-hybridized carbons (Fsp3) is 0.400. The Kier molecular flexibility index (Phi) is 5.57. The van der Waals surface area contributed by atoms with Crippen LogP contribution in [0.2, 0.25) is 0 Å². The third-order valence-electron chi connectivity index (χ3n) is 4.70. The maximum atomic E-state index is 13.0. The number of piperidine rings is 1. The molecule has 0 aliphatic carbocycles. The average molecular weight is 326 g/mol. The number of halogens is 1. The number of carbonyl (C=O) groups excluding carboxylic acids is 1. The zero-order valence-electron chi connectivity index (χ0n) is 13.8. The molecule has 0 radical (unpaired) electrons. The summed E-state index contributed by atoms with van der Waals surface area (Å²) in [6.45, 7) is 1.69. The largest absolute Gasteiger partial charge is 0.342 e. The molecule has 1 atom stereocenters. The SMILES string of the molecule is O=C(Cc1cccnc1)N1CCC[C@@H](CCc2ccc(F)cc2)C1. The molecule has 2 aromatic rings. The van der Waals surface area contributed by atoms with E-state index in [0.717, 1.165) is 49.9 Å². The lowest BCUT2D eigenvalue weighted by molar-refractivity contribution is -0.132. The van der Waals surface area contributed by atoms with Crippen LogP contribution in [0.5, 0.6) is 0 Å². The summed E-state index contributed by atoms with van der Waals surface area (Å²) in [6, 6.07) is 10.5. The molecule has 0 bridgehead atoms. The Labute approximate surface area is 142 Å². The Balaban J connectivity index is 1.50. The average Bonchev–Trinajstić information content (AvgIpc) is 2.62. The first-order valence-electron chi connectivity index (χ1n) is 8.62. The second-order valence-electron chi connectivity index (χ2n) is 6.55. The Morgan fingerprint density at radius 2 is 2.04 bits per heavy atom. The van der Waals surface area contributed by atoms with E-state index >= 15 is 0 Å². The third kappa shape index (κ3) is 4.63. The number of nitrogens with zero attached hydrogens (tertiary/aromatic N) is 2. The molecule has 2 heterocycles. The molecule has 24 heavy (non-hydrogen) atoms. The molecule has 0 saturated carbocycles. The molecular formula is C20H23FN2O. The first-order valence-corrected chi connectivity index (χ1v) is 8.62. The van der Waals surface area contributed by atoms with Crippen molar-refractivity contribution in [1.82, 2.24) is 9.88 Å². The molecule has 1 saturated heterocycles. The van der Waals surface area contributed by atoms with Crippen LogP contribution in [-0.2, 0) is 17.6 Å². The predicted octanol–water partition coefficient (Wildman–Crippen LogP) is 3.63. The fourth-order valence-corrected chi connectivity index (χ4v) is 3.34. The number of likely N-dealkylation sites (tertiary alicyclic amines) is 1. The van der Waals surface area contributed by atoms with Crippen molar-refractivity contribution >= 4 is 5.91 Å². The first-order chi connectivity index (χ1) is 11.7. The van der Waals surface area contributed by atoms with E-state index in [9.17, 15) is 9.18 Å². The third-order valence-corrected chi connectivity index (χ3v) is 4.70. The Morgan fingerprint density at radius 1 is 1.21 bits per heavy atom. The summed E-state index contributed by atoms with van der Waals surface area (Å²) in [5.41, 5.74) is 2.13. The molecule has 0 spiro atoms. The lowest BCUT2D eigenvalue weighted by atomic mass is 9.91. The van der Waals surface area contributed by atoms with Crippen LogP contribution in [0.1, 0.15) is 30.4 Å². The monoisotopic (exact) mass is 326 g/mol. The summed E-state index contributed by atoms with van der Waals surface area (Å²) >= 11 is 0. The number of benzene rings is 1. The van der Waals surface area contributed by atoms with Gasteiger partial charge in [0.15, 0.2) is 0 Å². The Hall–Kier alpha value is -2.23. The smallest absolute Gasteiger partial charge is 0.227 e. The molecule has 0 N–H and O–H groups in total. The van der Waals surface area contributed by atoms with Gasteiger partial charge in [0, 0.05) is 25.5 Å². The highest BCUT2D eigenvalue weighted by atomic mass is 19.1. The number of pyridine rings is 1. The molecule has 1 aromatic carbocycles. The molecule has 1 aliphatic rings. The van der Waals surface area contributed by atoms with Gasteiger partial charge in [-0.05, 0) is 60.9 Å². The summed E-state index contributed by atoms with van der Waals surface area (Å²) in [7, 11) is 0. The van der Waals surface area contributed by atoms with Crippen molar-refractivity contribution in [1.29, 1.82) is 0 Å². The maximum Gasteiger partial charge on any atom is 0.227 e. The highest BCUT2D eigenvalue weighted by molar-refractivity contribution is 5.78. The fourth-order valence-electron chi connectivity index (χ4n) is 3.34. The topological polar surface area (TPSA) is 33.2 Å². The minimum atomic E-state index is -0.191. The van der Waals surface area contributed by atoms with Crippen LogP contribution in [0.4, 0.5) is 4.39 Å². The summed E-state index contributed by atoms with van der Waals surface area (Å²) in [5, 5.41) is 0. The van der Waals surface area contributed by atoms with Gasteiger partial charge in [-0.15, -0.1) is 0 Å². The van der Waals surface area contributed by atoms with Gasteiger partial charge in [-0.2, -0.15) is 0 Å². The van der Waals surface area contributed by atoms with Gasteiger partial charge in [0.25, 0.3) is 0 Å². The number of aromatic nitrogens is 1. The second-order valence-corrected chi connectivity index (χ2v) is 6.55. The van der Waals surface area contributed by atoms with Gasteiger partial charge in [0.05, 0.1) is 6.42 Å². The summed E-state index contributed by atoms with van der Waals surface area (Å²) in [5.74, 6) is 0.528. The standard InChI is InChI=1S/C20H23FN2O/c21-19-9-7-16(8-10-19)5-6-17-4-2-12-23(15-17)20(24)13-18-3-1-11-22-14-18/h1,3,7-11,14,17H,2,4-6,12-13,15H2/t17-/m0/s1. The van der Waals surface area contributed by atoms with Gasteiger partial charge in [-0.3, -0.25) is 9.78 Å². The van der Waals surface area contributed by atoms with Crippen molar-refractivity contribution in [2.75, 3.05) is 13.1 Å². The zero-order valence-corrected chi connectivity index (χ0v) is 13.8. The highest BCUT2D eigenvalue weighted by Gasteiger charge is 2.23. The molecule has 1 fully saturated rings. The van der Waals surface area contributed by atoms with Crippen molar-refractivity contribution < 1.29 is 9.18 Å². The number of hydrogen-bond acceptors (Lipinski definition) is 2. The van der Waals surface area contributed by atoms with E-state index in [-0.39, 0.29) is 11.7 Å². The van der Waals surface area contributed by atoms with Gasteiger partial charge in [0.1, 0.15) is 5.82 Å². The van der Waals surface area contributed by atoms with Gasteiger partial charge in [0.2, 0.25) is 5.91 Å². The van der Waals surface area contributed by atoms with Crippen molar-refractivity contribution in [2.45, 2.75) is 32.1 Å². The van der Waals surface area contributed by atoms with Crippen LogP contribution >= 0.6 is 0 Å². The van der Waals surface area contributed by atoms with E-state index in [4.69, 9.17) is 0 Å². The van der Waals surface area contributed by atoms with Crippen LogP contribution in [0.25, 0.3) is 0 Å². The van der Waals surface area contributed by atoms with E-state index in [1.54, 1.807) is 12.4 Å². The van der Waals surface area contributed by atoms with E-state index in [2.05, 4.69) is 4.98 Å². The van der Waals surface area contributed by atoms with Crippen LogP contribution in [0.3, 0.4) is 0 Å². The molecule has 126 valence electrons. The minimum Gasteiger partial charge on any atom is -0.342 e. The Morgan fingerprint density at radius 3 is 2.79 bits per heavy atom. The molecular weight excluding hydrogens is 303 g/mol. The number of aryl methyl sites for hydroxylation is 1. The van der Waals surface area contributed by atoms with Crippen molar-refractivity contribution in [3.8, 4) is 0 Å². The number of hydrogen-bond donors (Lipinski definition) is 0. The van der Waals surface area contributed by atoms with Gasteiger partial charge in [-0.25, -0.2) is 4.39 Å². The Bertz CT molecular complexity index is 657. The van der Waals surface area contributed by atoms with Crippen LogP contribution in [-0.4, -0.2) is 28.9 Å². The lowest BCUT2D eigenvalue weighted by Crippen LogP contribution is -2.40. The molecule has 4 heteroatoms. The second kappa shape index (κ2) is 8.04. The number of carbonyl (C=O) groups is 1. The molecule has 1 amide bonds. The summed E-state index contributed by atoms with van der Waals surface area (Å²) < 4.78 is 13.0. The zero-order chi connectivity index (χ0) is 16.8. The van der Waals surface area contributed by atoms with E-state index < -0.39 is 0 Å². The summed E-state index contributed by atoms with van der Waals surface area (Å²) in [6.07, 6.45) is 8.12. The van der Waals surface area contributed by atoms with Crippen molar-refractivity contribution in [3.63, 3.8) is 0 Å². The van der Waals surface area contributed by atoms with Crippen LogP contribution in [0.15, 0.2) is 48.8 Å². The van der Waals surface area contributed by atoms with Crippen molar-refractivity contribution in [3.05, 3.63) is 65.7 Å². The van der Waals surface area contributed by atoms with E-state index in [1.807, 2.05) is 29.2 Å². The lowest BCUT2D eigenvalue weighted by Gasteiger charge is -2.33. The highest BCUT2D eigenvalue weighted by Crippen LogP contribution is 2.22. The van der Waals surface area contributed by atoms with Gasteiger partial charge in [-0.1, -0.05) is 18.2 Å². The molecule has 1 aliphatic heterocycles. The molecule has 0 unspecified atom stereocenters. The van der Waals surface area contributed by atoms with E-state index in [1.165, 1.54) is 12.1 Å². The van der Waals surface area contributed by atoms with Crippen LogP contribution in [0, 0.1) is 11.7 Å². The van der Waals surface area contributed by atoms with Gasteiger partial charge < -0.3 is 4.90 Å². The molecule has 3 rings (SSSR count).